The number of aromatic nitrogens is 5. The maximum atomic E-state index is 6.23. The summed E-state index contributed by atoms with van der Waals surface area (Å²) in [6.07, 6.45) is 1.55. The Bertz CT molecular complexity index is 942. The SMILES string of the molecule is Cc1conc1-c1nnc2c3ccccc3c(Cl)nn12. The van der Waals surface area contributed by atoms with E-state index in [-0.39, 0.29) is 0 Å². The molecule has 0 saturated heterocycles. The summed E-state index contributed by atoms with van der Waals surface area (Å²) in [5.74, 6) is 0.513. The monoisotopic (exact) mass is 285 g/mol. The molecule has 0 aliphatic heterocycles. The van der Waals surface area contributed by atoms with Crippen molar-refractivity contribution < 1.29 is 4.52 Å². The number of nitrogens with zero attached hydrogens (tertiary/aromatic N) is 5. The second-order valence-corrected chi connectivity index (χ2v) is 4.80. The lowest BCUT2D eigenvalue weighted by Gasteiger charge is -2.02. The number of hydrogen-bond acceptors (Lipinski definition) is 5. The van der Waals surface area contributed by atoms with Crippen molar-refractivity contribution in [3.8, 4) is 11.5 Å². The third-order valence-corrected chi connectivity index (χ3v) is 3.46. The highest BCUT2D eigenvalue weighted by Gasteiger charge is 2.18. The van der Waals surface area contributed by atoms with Crippen LogP contribution in [0.15, 0.2) is 35.1 Å². The van der Waals surface area contributed by atoms with Gasteiger partial charge >= 0.3 is 0 Å². The van der Waals surface area contributed by atoms with Gasteiger partial charge in [0.25, 0.3) is 0 Å². The zero-order valence-electron chi connectivity index (χ0n) is 10.4. The molecule has 0 bridgehead atoms. The van der Waals surface area contributed by atoms with Crippen LogP contribution in [-0.4, -0.2) is 25.0 Å². The van der Waals surface area contributed by atoms with Gasteiger partial charge in [0.1, 0.15) is 6.26 Å². The summed E-state index contributed by atoms with van der Waals surface area (Å²) in [5.41, 5.74) is 2.11. The molecule has 20 heavy (non-hydrogen) atoms. The minimum absolute atomic E-state index is 0.398. The summed E-state index contributed by atoms with van der Waals surface area (Å²) in [5, 5.41) is 18.8. The lowest BCUT2D eigenvalue weighted by atomic mass is 10.2. The molecule has 3 heterocycles. The summed E-state index contributed by atoms with van der Waals surface area (Å²) in [7, 11) is 0. The van der Waals surface area contributed by atoms with Crippen molar-refractivity contribution in [2.24, 2.45) is 0 Å². The molecule has 0 aliphatic rings. The number of halogens is 1. The van der Waals surface area contributed by atoms with Crippen LogP contribution in [0.2, 0.25) is 5.15 Å². The van der Waals surface area contributed by atoms with Gasteiger partial charge in [-0.3, -0.25) is 0 Å². The van der Waals surface area contributed by atoms with Crippen molar-refractivity contribution in [1.29, 1.82) is 0 Å². The van der Waals surface area contributed by atoms with Gasteiger partial charge in [0.2, 0.25) is 5.82 Å². The van der Waals surface area contributed by atoms with Crippen LogP contribution in [0.25, 0.3) is 27.9 Å². The fourth-order valence-corrected chi connectivity index (χ4v) is 2.43. The summed E-state index contributed by atoms with van der Waals surface area (Å²) in [6, 6.07) is 7.67. The van der Waals surface area contributed by atoms with Gasteiger partial charge in [-0.05, 0) is 6.92 Å². The molecule has 1 aromatic carbocycles. The molecule has 0 radical (unpaired) electrons. The van der Waals surface area contributed by atoms with Crippen molar-refractivity contribution in [3.63, 3.8) is 0 Å². The Morgan fingerprint density at radius 2 is 1.95 bits per heavy atom. The largest absolute Gasteiger partial charge is 0.364 e. The van der Waals surface area contributed by atoms with E-state index in [2.05, 4.69) is 20.5 Å². The number of hydrogen-bond donors (Lipinski definition) is 0. The molecule has 0 aliphatic carbocycles. The van der Waals surface area contributed by atoms with E-state index in [4.69, 9.17) is 16.1 Å². The van der Waals surface area contributed by atoms with Crippen LogP contribution < -0.4 is 0 Å². The molecule has 0 unspecified atom stereocenters. The molecular formula is C13H8ClN5O. The van der Waals surface area contributed by atoms with Crippen molar-refractivity contribution in [3.05, 3.63) is 41.2 Å². The van der Waals surface area contributed by atoms with Gasteiger partial charge < -0.3 is 4.52 Å². The minimum atomic E-state index is 0.398. The van der Waals surface area contributed by atoms with E-state index in [1.54, 1.807) is 10.8 Å². The first kappa shape index (κ1) is 11.4. The number of benzene rings is 1. The Hall–Kier alpha value is -2.47. The van der Waals surface area contributed by atoms with E-state index < -0.39 is 0 Å². The highest BCUT2D eigenvalue weighted by atomic mass is 35.5. The molecule has 0 atom stereocenters. The fourth-order valence-electron chi connectivity index (χ4n) is 2.19. The Morgan fingerprint density at radius 1 is 1.15 bits per heavy atom. The van der Waals surface area contributed by atoms with Gasteiger partial charge in [-0.15, -0.1) is 10.2 Å². The van der Waals surface area contributed by atoms with Gasteiger partial charge in [-0.1, -0.05) is 41.0 Å². The van der Waals surface area contributed by atoms with E-state index in [0.717, 1.165) is 16.3 Å². The maximum absolute atomic E-state index is 6.23. The molecule has 0 amide bonds. The Kier molecular flexibility index (Phi) is 2.28. The molecule has 0 fully saturated rings. The molecule has 3 aromatic heterocycles. The fraction of sp³-hybridized carbons (Fsp3) is 0.0769. The topological polar surface area (TPSA) is 69.1 Å². The molecule has 4 rings (SSSR count). The second-order valence-electron chi connectivity index (χ2n) is 4.44. The van der Waals surface area contributed by atoms with Crippen molar-refractivity contribution in [1.82, 2.24) is 25.0 Å². The lowest BCUT2D eigenvalue weighted by Crippen LogP contribution is -1.97. The van der Waals surface area contributed by atoms with E-state index >= 15 is 0 Å². The van der Waals surface area contributed by atoms with Gasteiger partial charge in [-0.2, -0.15) is 9.61 Å². The number of fused-ring (bicyclic) bond motifs is 3. The zero-order chi connectivity index (χ0) is 13.7. The average molecular weight is 286 g/mol. The Balaban J connectivity index is 2.14. The highest BCUT2D eigenvalue weighted by Crippen LogP contribution is 2.27. The van der Waals surface area contributed by atoms with E-state index in [9.17, 15) is 0 Å². The molecule has 98 valence electrons. The van der Waals surface area contributed by atoms with Gasteiger partial charge in [-0.25, -0.2) is 0 Å². The van der Waals surface area contributed by atoms with Gasteiger partial charge in [0.15, 0.2) is 16.5 Å². The smallest absolute Gasteiger partial charge is 0.207 e. The third-order valence-electron chi connectivity index (χ3n) is 3.18. The summed E-state index contributed by atoms with van der Waals surface area (Å²) >= 11 is 6.23. The van der Waals surface area contributed by atoms with Gasteiger partial charge in [0.05, 0.1) is 0 Å². The molecule has 6 nitrogen and oxygen atoms in total. The average Bonchev–Trinajstić information content (AvgIpc) is 3.05. The molecular weight excluding hydrogens is 278 g/mol. The maximum Gasteiger partial charge on any atom is 0.207 e. The number of aryl methyl sites for hydroxylation is 1. The van der Waals surface area contributed by atoms with Crippen molar-refractivity contribution in [2.45, 2.75) is 6.92 Å². The number of rotatable bonds is 1. The van der Waals surface area contributed by atoms with Crippen LogP contribution >= 0.6 is 11.6 Å². The molecule has 0 N–H and O–H groups in total. The van der Waals surface area contributed by atoms with E-state index in [1.807, 2.05) is 31.2 Å². The second kappa shape index (κ2) is 4.01. The van der Waals surface area contributed by atoms with Crippen LogP contribution in [0.1, 0.15) is 5.56 Å². The van der Waals surface area contributed by atoms with Crippen molar-refractivity contribution in [2.75, 3.05) is 0 Å². The molecule has 4 aromatic rings. The molecule has 7 heteroatoms. The molecule has 0 spiro atoms. The summed E-state index contributed by atoms with van der Waals surface area (Å²) < 4.78 is 6.54. The van der Waals surface area contributed by atoms with Crippen LogP contribution in [-0.2, 0) is 0 Å². The third kappa shape index (κ3) is 1.45. The standard InChI is InChI=1S/C13H8ClN5O/c1-7-6-20-18-10(7)13-16-15-12-9-5-3-2-4-8(9)11(14)17-19(12)13/h2-6H,1H3. The predicted molar refractivity (Wildman–Crippen MR) is 73.5 cm³/mol. The quantitative estimate of drug-likeness (QED) is 0.538. The molecule has 0 saturated carbocycles. The highest BCUT2D eigenvalue weighted by molar-refractivity contribution is 6.34. The normalized spacial score (nSPS) is 11.5. The first-order chi connectivity index (χ1) is 9.75. The lowest BCUT2D eigenvalue weighted by molar-refractivity contribution is 0.421. The zero-order valence-corrected chi connectivity index (χ0v) is 11.2. The minimum Gasteiger partial charge on any atom is -0.364 e. The van der Waals surface area contributed by atoms with Crippen LogP contribution in [0.4, 0.5) is 0 Å². The van der Waals surface area contributed by atoms with Crippen LogP contribution in [0.5, 0.6) is 0 Å². The van der Waals surface area contributed by atoms with E-state index in [1.165, 1.54) is 0 Å². The van der Waals surface area contributed by atoms with Gasteiger partial charge in [0, 0.05) is 16.3 Å². The van der Waals surface area contributed by atoms with Crippen LogP contribution in [0.3, 0.4) is 0 Å². The summed E-state index contributed by atoms with van der Waals surface area (Å²) in [6.45, 7) is 1.88. The summed E-state index contributed by atoms with van der Waals surface area (Å²) in [4.78, 5) is 0. The van der Waals surface area contributed by atoms with E-state index in [0.29, 0.717) is 22.3 Å². The first-order valence-electron chi connectivity index (χ1n) is 5.96. The Labute approximate surface area is 118 Å². The first-order valence-corrected chi connectivity index (χ1v) is 6.34. The van der Waals surface area contributed by atoms with Crippen molar-refractivity contribution >= 4 is 28.0 Å². The predicted octanol–water partition coefficient (Wildman–Crippen LogP) is 2.89. The Morgan fingerprint density at radius 3 is 2.70 bits per heavy atom. The van der Waals surface area contributed by atoms with Crippen LogP contribution in [0, 0.1) is 6.92 Å².